The van der Waals surface area contributed by atoms with Gasteiger partial charge < -0.3 is 19.7 Å². The largest absolute Gasteiger partial charge is 0.497 e. The van der Waals surface area contributed by atoms with E-state index in [1.54, 1.807) is 48.5 Å². The summed E-state index contributed by atoms with van der Waals surface area (Å²) in [7, 11) is 3.07. The highest BCUT2D eigenvalue weighted by Gasteiger charge is 2.32. The van der Waals surface area contributed by atoms with E-state index in [2.05, 4.69) is 20.6 Å². The number of methoxy groups -OCH3 is 2. The summed E-state index contributed by atoms with van der Waals surface area (Å²) in [4.78, 5) is 33.8. The van der Waals surface area contributed by atoms with E-state index < -0.39 is 11.9 Å². The Morgan fingerprint density at radius 2 is 1.75 bits per heavy atom. The van der Waals surface area contributed by atoms with Crippen LogP contribution < -0.4 is 14.8 Å². The van der Waals surface area contributed by atoms with Crippen molar-refractivity contribution in [1.29, 1.82) is 0 Å². The summed E-state index contributed by atoms with van der Waals surface area (Å²) >= 11 is 0. The monoisotopic (exact) mass is 536 g/mol. The summed E-state index contributed by atoms with van der Waals surface area (Å²) in [6, 6.07) is 24.4. The second-order valence-electron chi connectivity index (χ2n) is 8.99. The zero-order chi connectivity index (χ0) is 27.9. The maximum absolute atomic E-state index is 14.0. The van der Waals surface area contributed by atoms with E-state index in [-0.39, 0.29) is 19.0 Å². The minimum absolute atomic E-state index is 0.108. The van der Waals surface area contributed by atoms with Crippen LogP contribution in [0.15, 0.2) is 97.3 Å². The van der Waals surface area contributed by atoms with Crippen molar-refractivity contribution >= 4 is 28.5 Å². The smallest absolute Gasteiger partial charge is 0.251 e. The van der Waals surface area contributed by atoms with Crippen molar-refractivity contribution in [3.63, 3.8) is 0 Å². The minimum atomic E-state index is -0.976. The lowest BCUT2D eigenvalue weighted by Crippen LogP contribution is -2.42. The van der Waals surface area contributed by atoms with Crippen LogP contribution in [0.4, 0.5) is 5.69 Å². The quantitative estimate of drug-likeness (QED) is 0.284. The third-order valence-electron chi connectivity index (χ3n) is 6.44. The summed E-state index contributed by atoms with van der Waals surface area (Å²) in [6.07, 6.45) is 3.34. The van der Waals surface area contributed by atoms with E-state index in [0.29, 0.717) is 28.3 Å². The maximum Gasteiger partial charge on any atom is 0.251 e. The van der Waals surface area contributed by atoms with Crippen LogP contribution in [0.25, 0.3) is 11.0 Å². The highest BCUT2D eigenvalue weighted by molar-refractivity contribution is 5.99. The zero-order valence-corrected chi connectivity index (χ0v) is 22.1. The third kappa shape index (κ3) is 5.75. The highest BCUT2D eigenvalue weighted by Crippen LogP contribution is 2.32. The lowest BCUT2D eigenvalue weighted by atomic mass is 10.0. The summed E-state index contributed by atoms with van der Waals surface area (Å²) < 4.78 is 12.3. The van der Waals surface area contributed by atoms with E-state index in [9.17, 15) is 9.59 Å². The Morgan fingerprint density at radius 1 is 0.950 bits per heavy atom. The highest BCUT2D eigenvalue weighted by atomic mass is 16.5. The predicted molar refractivity (Wildman–Crippen MR) is 150 cm³/mol. The molecule has 3 aromatic carbocycles. The fraction of sp³-hybridized carbons (Fsp3) is 0.167. The van der Waals surface area contributed by atoms with Crippen molar-refractivity contribution in [3.8, 4) is 11.5 Å². The van der Waals surface area contributed by atoms with Gasteiger partial charge in [0.1, 0.15) is 29.6 Å². The van der Waals surface area contributed by atoms with E-state index in [0.717, 1.165) is 11.1 Å². The van der Waals surface area contributed by atoms with E-state index in [1.165, 1.54) is 12.0 Å². The molecule has 40 heavy (non-hydrogen) atoms. The summed E-state index contributed by atoms with van der Waals surface area (Å²) in [5.41, 5.74) is 3.27. The van der Waals surface area contributed by atoms with Gasteiger partial charge in [-0.05, 0) is 41.5 Å². The maximum atomic E-state index is 14.0. The molecule has 0 aliphatic carbocycles. The number of aromatic nitrogens is 4. The fourth-order valence-electron chi connectivity index (χ4n) is 4.48. The Morgan fingerprint density at radius 3 is 2.50 bits per heavy atom. The van der Waals surface area contributed by atoms with Gasteiger partial charge in [0, 0.05) is 25.0 Å². The van der Waals surface area contributed by atoms with Gasteiger partial charge in [-0.25, -0.2) is 4.68 Å². The van der Waals surface area contributed by atoms with Crippen molar-refractivity contribution in [2.45, 2.75) is 19.1 Å². The van der Waals surface area contributed by atoms with Crippen LogP contribution in [0, 0.1) is 0 Å². The molecule has 0 spiro atoms. The summed E-state index contributed by atoms with van der Waals surface area (Å²) in [5, 5.41) is 11.3. The van der Waals surface area contributed by atoms with E-state index in [4.69, 9.17) is 9.47 Å². The molecule has 0 radical (unpaired) electrons. The first-order valence-electron chi connectivity index (χ1n) is 12.6. The number of hydrogen-bond donors (Lipinski definition) is 1. The average molecular weight is 537 g/mol. The average Bonchev–Trinajstić information content (AvgIpc) is 3.40. The Balaban J connectivity index is 1.54. The lowest BCUT2D eigenvalue weighted by Gasteiger charge is -2.31. The Labute approximate surface area is 231 Å². The molecule has 5 aromatic rings. The van der Waals surface area contributed by atoms with Crippen molar-refractivity contribution in [2.24, 2.45) is 0 Å². The molecular weight excluding hydrogens is 508 g/mol. The molecule has 0 aliphatic heterocycles. The first kappa shape index (κ1) is 26.4. The summed E-state index contributed by atoms with van der Waals surface area (Å²) in [6.45, 7) is 0.0370. The van der Waals surface area contributed by atoms with Gasteiger partial charge in [0.05, 0.1) is 25.4 Å². The number of carbonyl (C=O) groups excluding carboxylic acids is 2. The Hall–Kier alpha value is -5.25. The zero-order valence-electron chi connectivity index (χ0n) is 22.1. The SMILES string of the molecule is COc1ccc(NC(=O)[C@@H](c2ccccc2)N(Cc2cccnc2)C(=O)Cn2nnc3ccccc32)c(OC)c1. The van der Waals surface area contributed by atoms with Crippen LogP contribution >= 0.6 is 0 Å². The third-order valence-corrected chi connectivity index (χ3v) is 6.44. The number of nitrogens with one attached hydrogen (secondary N) is 1. The molecule has 2 amide bonds. The molecule has 202 valence electrons. The van der Waals surface area contributed by atoms with Crippen LogP contribution in [0.2, 0.25) is 0 Å². The molecule has 1 N–H and O–H groups in total. The minimum Gasteiger partial charge on any atom is -0.497 e. The number of anilines is 1. The number of carbonyl (C=O) groups is 2. The lowest BCUT2D eigenvalue weighted by molar-refractivity contribution is -0.140. The second kappa shape index (κ2) is 12.1. The molecule has 2 aromatic heterocycles. The van der Waals surface area contributed by atoms with Gasteiger partial charge in [-0.15, -0.1) is 5.10 Å². The first-order chi connectivity index (χ1) is 19.6. The number of pyridine rings is 1. The molecule has 0 fully saturated rings. The van der Waals surface area contributed by atoms with E-state index in [1.807, 2.05) is 60.7 Å². The number of para-hydroxylation sites is 1. The molecule has 0 saturated carbocycles. The van der Waals surface area contributed by atoms with Gasteiger partial charge in [0.15, 0.2) is 0 Å². The first-order valence-corrected chi connectivity index (χ1v) is 12.6. The normalized spacial score (nSPS) is 11.6. The van der Waals surface area contributed by atoms with Crippen LogP contribution in [-0.4, -0.2) is 50.9 Å². The van der Waals surface area contributed by atoms with E-state index >= 15 is 0 Å². The molecule has 10 heteroatoms. The standard InChI is InChI=1S/C30H28N6O4/c1-39-23-14-15-25(27(17-23)40-2)32-30(38)29(22-10-4-3-5-11-22)35(19-21-9-8-16-31-18-21)28(37)20-36-26-13-7-6-12-24(26)33-34-36/h3-18,29H,19-20H2,1-2H3,(H,32,38)/t29-/m1/s1. The van der Waals surface area contributed by atoms with Gasteiger partial charge in [0.2, 0.25) is 5.91 Å². The van der Waals surface area contributed by atoms with Crippen molar-refractivity contribution in [2.75, 3.05) is 19.5 Å². The number of fused-ring (bicyclic) bond motifs is 1. The fourth-order valence-corrected chi connectivity index (χ4v) is 4.48. The van der Waals surface area contributed by atoms with Gasteiger partial charge in [-0.1, -0.05) is 53.7 Å². The molecule has 5 rings (SSSR count). The Bertz CT molecular complexity index is 1610. The molecule has 0 aliphatic rings. The number of nitrogens with zero attached hydrogens (tertiary/aromatic N) is 5. The molecular formula is C30H28N6O4. The molecule has 2 heterocycles. The molecule has 0 saturated heterocycles. The van der Waals surface area contributed by atoms with Crippen molar-refractivity contribution in [1.82, 2.24) is 24.9 Å². The topological polar surface area (TPSA) is 111 Å². The van der Waals surface area contributed by atoms with Gasteiger partial charge in [-0.2, -0.15) is 0 Å². The number of hydrogen-bond acceptors (Lipinski definition) is 7. The van der Waals surface area contributed by atoms with Gasteiger partial charge in [-0.3, -0.25) is 14.6 Å². The molecule has 0 unspecified atom stereocenters. The summed E-state index contributed by atoms with van der Waals surface area (Å²) in [5.74, 6) is 0.294. The van der Waals surface area contributed by atoms with Gasteiger partial charge >= 0.3 is 0 Å². The number of ether oxygens (including phenoxy) is 2. The Kier molecular flexibility index (Phi) is 7.96. The number of rotatable bonds is 10. The predicted octanol–water partition coefficient (Wildman–Crippen LogP) is 4.25. The van der Waals surface area contributed by atoms with Gasteiger partial charge in [0.25, 0.3) is 5.91 Å². The molecule has 1 atom stereocenters. The van der Waals surface area contributed by atoms with Crippen LogP contribution in [0.5, 0.6) is 11.5 Å². The number of benzene rings is 3. The van der Waals surface area contributed by atoms with Crippen LogP contribution in [0.3, 0.4) is 0 Å². The number of amides is 2. The van der Waals surface area contributed by atoms with Crippen molar-refractivity contribution in [3.05, 3.63) is 108 Å². The van der Waals surface area contributed by atoms with Crippen LogP contribution in [0.1, 0.15) is 17.2 Å². The molecule has 10 nitrogen and oxygen atoms in total. The second-order valence-corrected chi connectivity index (χ2v) is 8.99. The molecule has 0 bridgehead atoms. The van der Waals surface area contributed by atoms with Crippen molar-refractivity contribution < 1.29 is 19.1 Å². The van der Waals surface area contributed by atoms with Crippen LogP contribution in [-0.2, 0) is 22.7 Å².